The van der Waals surface area contributed by atoms with Crippen molar-refractivity contribution in [3.8, 4) is 0 Å². The number of aryl methyl sites for hydroxylation is 1. The van der Waals surface area contributed by atoms with Crippen molar-refractivity contribution in [3.63, 3.8) is 0 Å². The minimum absolute atomic E-state index is 0.164. The first-order chi connectivity index (χ1) is 12.7. The highest BCUT2D eigenvalue weighted by Crippen LogP contribution is 2.09. The quantitative estimate of drug-likeness (QED) is 0.797. The molecule has 1 amide bonds. The molecule has 0 radical (unpaired) electrons. The molecule has 1 aliphatic heterocycles. The fourth-order valence-corrected chi connectivity index (χ4v) is 2.94. The van der Waals surface area contributed by atoms with Crippen molar-refractivity contribution in [2.75, 3.05) is 44.7 Å². The lowest BCUT2D eigenvalue weighted by atomic mass is 10.1. The Morgan fingerprint density at radius 2 is 2.08 bits per heavy atom. The molecule has 1 fully saturated rings. The summed E-state index contributed by atoms with van der Waals surface area (Å²) in [6, 6.07) is 11.8. The summed E-state index contributed by atoms with van der Waals surface area (Å²) < 4.78 is 5.35. The van der Waals surface area contributed by atoms with Gasteiger partial charge in [0.25, 0.3) is 5.91 Å². The maximum atomic E-state index is 12.4. The molecular formula is C20H26N4O2. The Labute approximate surface area is 154 Å². The van der Waals surface area contributed by atoms with E-state index >= 15 is 0 Å². The van der Waals surface area contributed by atoms with Gasteiger partial charge in [-0.05, 0) is 24.6 Å². The van der Waals surface area contributed by atoms with E-state index in [2.05, 4.69) is 26.6 Å². The van der Waals surface area contributed by atoms with E-state index in [0.717, 1.165) is 50.6 Å². The summed E-state index contributed by atoms with van der Waals surface area (Å²) in [7, 11) is 0. The molecule has 0 spiro atoms. The van der Waals surface area contributed by atoms with Gasteiger partial charge in [0.15, 0.2) is 0 Å². The van der Waals surface area contributed by atoms with Crippen LogP contribution in [0, 0.1) is 6.92 Å². The van der Waals surface area contributed by atoms with Crippen LogP contribution in [0.25, 0.3) is 0 Å². The topological polar surface area (TPSA) is 66.5 Å². The first-order valence-corrected chi connectivity index (χ1v) is 9.04. The molecule has 6 nitrogen and oxygen atoms in total. The zero-order chi connectivity index (χ0) is 18.2. The predicted octanol–water partition coefficient (Wildman–Crippen LogP) is 2.06. The van der Waals surface area contributed by atoms with Gasteiger partial charge in [-0.2, -0.15) is 0 Å². The van der Waals surface area contributed by atoms with Crippen LogP contribution >= 0.6 is 0 Å². The van der Waals surface area contributed by atoms with Gasteiger partial charge in [-0.15, -0.1) is 0 Å². The Kier molecular flexibility index (Phi) is 6.57. The van der Waals surface area contributed by atoms with E-state index in [-0.39, 0.29) is 5.91 Å². The van der Waals surface area contributed by atoms with Crippen molar-refractivity contribution in [1.82, 2.24) is 15.2 Å². The molecular weight excluding hydrogens is 328 g/mol. The number of nitrogens with zero attached hydrogens (tertiary/aromatic N) is 2. The van der Waals surface area contributed by atoms with Crippen LogP contribution < -0.4 is 10.6 Å². The first kappa shape index (κ1) is 18.4. The second-order valence-corrected chi connectivity index (χ2v) is 6.48. The van der Waals surface area contributed by atoms with Crippen molar-refractivity contribution in [2.45, 2.75) is 13.5 Å². The minimum Gasteiger partial charge on any atom is -0.384 e. The monoisotopic (exact) mass is 354 g/mol. The van der Waals surface area contributed by atoms with Gasteiger partial charge >= 0.3 is 0 Å². The Balaban J connectivity index is 1.48. The Morgan fingerprint density at radius 3 is 2.88 bits per heavy atom. The molecule has 0 atom stereocenters. The average molecular weight is 354 g/mol. The third-order valence-electron chi connectivity index (χ3n) is 4.39. The SMILES string of the molecule is Cc1cccc(CNC(=O)c2cc(NCCN3CCOCC3)ccn2)c1. The Morgan fingerprint density at radius 1 is 1.23 bits per heavy atom. The number of anilines is 1. The molecule has 0 unspecified atom stereocenters. The molecule has 0 bridgehead atoms. The molecule has 26 heavy (non-hydrogen) atoms. The fraction of sp³-hybridized carbons (Fsp3) is 0.400. The Hall–Kier alpha value is -2.44. The van der Waals surface area contributed by atoms with Crippen LogP contribution in [0.3, 0.4) is 0 Å². The maximum Gasteiger partial charge on any atom is 0.270 e. The number of carbonyl (C=O) groups excluding carboxylic acids is 1. The van der Waals surface area contributed by atoms with Gasteiger partial charge in [0.2, 0.25) is 0 Å². The minimum atomic E-state index is -0.164. The van der Waals surface area contributed by atoms with Gasteiger partial charge in [0, 0.05) is 44.6 Å². The van der Waals surface area contributed by atoms with E-state index in [0.29, 0.717) is 12.2 Å². The first-order valence-electron chi connectivity index (χ1n) is 9.04. The lowest BCUT2D eigenvalue weighted by Gasteiger charge is -2.26. The zero-order valence-electron chi connectivity index (χ0n) is 15.2. The van der Waals surface area contributed by atoms with Crippen LogP contribution in [0.1, 0.15) is 21.6 Å². The molecule has 1 aromatic heterocycles. The summed E-state index contributed by atoms with van der Waals surface area (Å²) in [5.41, 5.74) is 3.60. The van der Waals surface area contributed by atoms with Gasteiger partial charge in [-0.1, -0.05) is 29.8 Å². The van der Waals surface area contributed by atoms with Crippen LogP contribution in [-0.2, 0) is 11.3 Å². The standard InChI is InChI=1S/C20H26N4O2/c1-16-3-2-4-17(13-16)15-23-20(25)19-14-18(5-6-22-19)21-7-8-24-9-11-26-12-10-24/h2-6,13-14H,7-12,15H2,1H3,(H,21,22)(H,23,25). The Bertz CT molecular complexity index is 729. The molecule has 1 saturated heterocycles. The third-order valence-corrected chi connectivity index (χ3v) is 4.39. The van der Waals surface area contributed by atoms with Crippen molar-refractivity contribution in [1.29, 1.82) is 0 Å². The van der Waals surface area contributed by atoms with E-state index in [4.69, 9.17) is 4.74 Å². The number of nitrogens with one attached hydrogen (secondary N) is 2. The van der Waals surface area contributed by atoms with Gasteiger partial charge in [-0.25, -0.2) is 0 Å². The van der Waals surface area contributed by atoms with Crippen LogP contribution in [0.5, 0.6) is 0 Å². The average Bonchev–Trinajstić information content (AvgIpc) is 2.67. The van der Waals surface area contributed by atoms with Crippen molar-refractivity contribution < 1.29 is 9.53 Å². The molecule has 2 N–H and O–H groups in total. The van der Waals surface area contributed by atoms with Gasteiger partial charge in [0.1, 0.15) is 5.69 Å². The van der Waals surface area contributed by atoms with Crippen LogP contribution in [0.4, 0.5) is 5.69 Å². The number of morpholine rings is 1. The van der Waals surface area contributed by atoms with E-state index < -0.39 is 0 Å². The van der Waals surface area contributed by atoms with Crippen LogP contribution in [-0.4, -0.2) is 55.2 Å². The summed E-state index contributed by atoms with van der Waals surface area (Å²) in [4.78, 5) is 18.9. The second-order valence-electron chi connectivity index (χ2n) is 6.48. The predicted molar refractivity (Wildman–Crippen MR) is 102 cm³/mol. The molecule has 2 aromatic rings. The normalized spacial score (nSPS) is 14.8. The fourth-order valence-electron chi connectivity index (χ4n) is 2.94. The number of carbonyl (C=O) groups is 1. The lowest BCUT2D eigenvalue weighted by Crippen LogP contribution is -2.39. The number of benzene rings is 1. The highest BCUT2D eigenvalue weighted by atomic mass is 16.5. The number of aromatic nitrogens is 1. The van der Waals surface area contributed by atoms with E-state index in [1.54, 1.807) is 12.3 Å². The molecule has 1 aromatic carbocycles. The maximum absolute atomic E-state index is 12.4. The number of hydrogen-bond acceptors (Lipinski definition) is 5. The third kappa shape index (κ3) is 5.54. The van der Waals surface area contributed by atoms with Gasteiger partial charge < -0.3 is 15.4 Å². The molecule has 0 aliphatic carbocycles. The highest BCUT2D eigenvalue weighted by Gasteiger charge is 2.10. The largest absolute Gasteiger partial charge is 0.384 e. The number of hydrogen-bond donors (Lipinski definition) is 2. The van der Waals surface area contributed by atoms with Crippen molar-refractivity contribution >= 4 is 11.6 Å². The number of amides is 1. The second kappa shape index (κ2) is 9.31. The smallest absolute Gasteiger partial charge is 0.270 e. The zero-order valence-corrected chi connectivity index (χ0v) is 15.2. The summed E-state index contributed by atoms with van der Waals surface area (Å²) in [6.45, 7) is 7.89. The van der Waals surface area contributed by atoms with Gasteiger partial charge in [-0.3, -0.25) is 14.7 Å². The summed E-state index contributed by atoms with van der Waals surface area (Å²) in [6.07, 6.45) is 1.67. The molecule has 2 heterocycles. The van der Waals surface area contributed by atoms with E-state index in [9.17, 15) is 4.79 Å². The molecule has 1 aliphatic rings. The highest BCUT2D eigenvalue weighted by molar-refractivity contribution is 5.93. The number of rotatable bonds is 7. The summed E-state index contributed by atoms with van der Waals surface area (Å²) in [5.74, 6) is -0.164. The van der Waals surface area contributed by atoms with E-state index in [1.807, 2.05) is 31.2 Å². The van der Waals surface area contributed by atoms with Gasteiger partial charge in [0.05, 0.1) is 13.2 Å². The van der Waals surface area contributed by atoms with Crippen LogP contribution in [0.2, 0.25) is 0 Å². The summed E-state index contributed by atoms with van der Waals surface area (Å²) in [5, 5.41) is 6.29. The van der Waals surface area contributed by atoms with Crippen LogP contribution in [0.15, 0.2) is 42.6 Å². The van der Waals surface area contributed by atoms with E-state index in [1.165, 1.54) is 5.56 Å². The molecule has 0 saturated carbocycles. The molecule has 138 valence electrons. The lowest BCUT2D eigenvalue weighted by molar-refractivity contribution is 0.0398. The number of ether oxygens (including phenoxy) is 1. The summed E-state index contributed by atoms with van der Waals surface area (Å²) >= 11 is 0. The molecule has 3 rings (SSSR count). The molecule has 6 heteroatoms. The van der Waals surface area contributed by atoms with Crippen molar-refractivity contribution in [2.24, 2.45) is 0 Å². The number of pyridine rings is 1. The van der Waals surface area contributed by atoms with Crippen molar-refractivity contribution in [3.05, 3.63) is 59.4 Å².